The van der Waals surface area contributed by atoms with Gasteiger partial charge >= 0.3 is 12.0 Å². The van der Waals surface area contributed by atoms with Crippen LogP contribution in [0.15, 0.2) is 16.3 Å². The van der Waals surface area contributed by atoms with Gasteiger partial charge in [-0.25, -0.2) is 23.0 Å². The maximum atomic E-state index is 12.0. The van der Waals surface area contributed by atoms with Crippen LogP contribution < -0.4 is 9.46 Å². The predicted molar refractivity (Wildman–Crippen MR) is 69.6 cm³/mol. The normalized spacial score (nSPS) is 11.2. The van der Waals surface area contributed by atoms with Crippen molar-refractivity contribution in [3.8, 4) is 6.01 Å². The third-order valence-electron chi connectivity index (χ3n) is 2.03. The van der Waals surface area contributed by atoms with E-state index in [2.05, 4.69) is 19.9 Å². The SMILES string of the molecule is CCOc1n[nH]c(NS(=O)(=O)c2ccc(C(=O)O)s2)n1. The Labute approximate surface area is 117 Å². The molecule has 9 nitrogen and oxygen atoms in total. The van der Waals surface area contributed by atoms with Crippen LogP contribution in [0, 0.1) is 0 Å². The van der Waals surface area contributed by atoms with Gasteiger partial charge in [-0.15, -0.1) is 16.4 Å². The first-order valence-electron chi connectivity index (χ1n) is 5.33. The molecule has 2 aromatic heterocycles. The van der Waals surface area contributed by atoms with Gasteiger partial charge in [-0.1, -0.05) is 0 Å². The molecule has 0 saturated carbocycles. The molecule has 108 valence electrons. The number of H-pyrrole nitrogens is 1. The number of carboxylic acids is 1. The topological polar surface area (TPSA) is 134 Å². The molecule has 3 N–H and O–H groups in total. The summed E-state index contributed by atoms with van der Waals surface area (Å²) >= 11 is 0.641. The molecule has 0 aromatic carbocycles. The number of ether oxygens (including phenoxy) is 1. The van der Waals surface area contributed by atoms with Crippen molar-refractivity contribution in [2.75, 3.05) is 11.3 Å². The lowest BCUT2D eigenvalue weighted by molar-refractivity contribution is 0.0702. The molecular weight excluding hydrogens is 308 g/mol. The highest BCUT2D eigenvalue weighted by atomic mass is 32.2. The third kappa shape index (κ3) is 3.05. The highest BCUT2D eigenvalue weighted by molar-refractivity contribution is 7.94. The van der Waals surface area contributed by atoms with Gasteiger partial charge in [-0.2, -0.15) is 4.98 Å². The summed E-state index contributed by atoms with van der Waals surface area (Å²) in [5, 5.41) is 14.8. The summed E-state index contributed by atoms with van der Waals surface area (Å²) in [6.07, 6.45) is 0. The van der Waals surface area contributed by atoms with Crippen molar-refractivity contribution in [1.29, 1.82) is 0 Å². The van der Waals surface area contributed by atoms with Crippen LogP contribution in [0.3, 0.4) is 0 Å². The molecule has 0 amide bonds. The fraction of sp³-hybridized carbons (Fsp3) is 0.222. The number of rotatable bonds is 6. The van der Waals surface area contributed by atoms with Crippen LogP contribution in [0.2, 0.25) is 0 Å². The Hall–Kier alpha value is -2.14. The van der Waals surface area contributed by atoms with Gasteiger partial charge in [-0.05, 0) is 19.1 Å². The summed E-state index contributed by atoms with van der Waals surface area (Å²) in [5.74, 6) is -1.30. The molecule has 0 spiro atoms. The number of aromatic nitrogens is 3. The van der Waals surface area contributed by atoms with Crippen LogP contribution in [0.1, 0.15) is 16.6 Å². The maximum absolute atomic E-state index is 12.0. The number of hydrogen-bond donors (Lipinski definition) is 3. The number of carbonyl (C=O) groups is 1. The summed E-state index contributed by atoms with van der Waals surface area (Å²) in [5.41, 5.74) is 0. The minimum Gasteiger partial charge on any atom is -0.477 e. The molecule has 20 heavy (non-hydrogen) atoms. The Bertz CT molecular complexity index is 720. The zero-order valence-corrected chi connectivity index (χ0v) is 11.8. The second kappa shape index (κ2) is 5.46. The van der Waals surface area contributed by atoms with E-state index in [4.69, 9.17) is 9.84 Å². The molecular formula is C9H10N4O5S2. The number of carboxylic acid groups (broad SMARTS) is 1. The number of thiophene rings is 1. The Balaban J connectivity index is 2.19. The minimum absolute atomic E-state index is 0.0163. The van der Waals surface area contributed by atoms with E-state index in [1.165, 1.54) is 12.1 Å². The Morgan fingerprint density at radius 3 is 2.90 bits per heavy atom. The largest absolute Gasteiger partial charge is 0.477 e. The number of nitrogens with zero attached hydrogens (tertiary/aromatic N) is 2. The van der Waals surface area contributed by atoms with Crippen molar-refractivity contribution in [1.82, 2.24) is 15.2 Å². The van der Waals surface area contributed by atoms with E-state index in [-0.39, 0.29) is 21.0 Å². The fourth-order valence-corrected chi connectivity index (χ4v) is 3.35. The van der Waals surface area contributed by atoms with Gasteiger partial charge in [0.1, 0.15) is 9.09 Å². The molecule has 0 atom stereocenters. The Morgan fingerprint density at radius 1 is 1.55 bits per heavy atom. The third-order valence-corrected chi connectivity index (χ3v) is 4.93. The summed E-state index contributed by atoms with van der Waals surface area (Å²) in [7, 11) is -3.91. The molecule has 11 heteroatoms. The van der Waals surface area contributed by atoms with Crippen molar-refractivity contribution in [3.05, 3.63) is 17.0 Å². The minimum atomic E-state index is -3.91. The quantitative estimate of drug-likeness (QED) is 0.715. The van der Waals surface area contributed by atoms with Crippen molar-refractivity contribution in [2.45, 2.75) is 11.1 Å². The predicted octanol–water partition coefficient (Wildman–Crippen LogP) is 0.764. The number of anilines is 1. The highest BCUT2D eigenvalue weighted by Gasteiger charge is 2.20. The van der Waals surface area contributed by atoms with E-state index in [1.54, 1.807) is 6.92 Å². The molecule has 2 rings (SSSR count). The summed E-state index contributed by atoms with van der Waals surface area (Å²) in [4.78, 5) is 14.4. The van der Waals surface area contributed by atoms with Crippen LogP contribution in [-0.2, 0) is 10.0 Å². The lowest BCUT2D eigenvalue weighted by Crippen LogP contribution is -2.12. The molecule has 0 aliphatic carbocycles. The molecule has 0 aliphatic rings. The van der Waals surface area contributed by atoms with Crippen LogP contribution in [0.5, 0.6) is 6.01 Å². The molecule has 2 heterocycles. The van der Waals surface area contributed by atoms with Crippen molar-refractivity contribution >= 4 is 33.3 Å². The lowest BCUT2D eigenvalue weighted by Gasteiger charge is -2.01. The number of aromatic carboxylic acids is 1. The fourth-order valence-electron chi connectivity index (χ4n) is 1.24. The molecule has 0 bridgehead atoms. The second-order valence-electron chi connectivity index (χ2n) is 3.43. The van der Waals surface area contributed by atoms with Gasteiger partial charge in [0.25, 0.3) is 10.0 Å². The monoisotopic (exact) mass is 318 g/mol. The van der Waals surface area contributed by atoms with Crippen LogP contribution in [-0.4, -0.2) is 41.3 Å². The maximum Gasteiger partial charge on any atom is 0.345 e. The number of aromatic amines is 1. The van der Waals surface area contributed by atoms with E-state index < -0.39 is 16.0 Å². The molecule has 0 fully saturated rings. The zero-order chi connectivity index (χ0) is 14.8. The van der Waals surface area contributed by atoms with Crippen molar-refractivity contribution < 1.29 is 23.1 Å². The van der Waals surface area contributed by atoms with E-state index in [1.807, 2.05) is 0 Å². The summed E-state index contributed by atoms with van der Waals surface area (Å²) in [6, 6.07) is 2.44. The molecule has 2 aromatic rings. The Kier molecular flexibility index (Phi) is 3.90. The first-order chi connectivity index (χ1) is 9.42. The zero-order valence-electron chi connectivity index (χ0n) is 10.2. The standard InChI is InChI=1S/C9H10N4O5S2/c1-2-18-9-10-8(11-12-9)13-20(16,17)6-4-3-5(19-6)7(14)15/h3-4H,2H2,1H3,(H,14,15)(H2,10,11,12,13). The van der Waals surface area contributed by atoms with E-state index in [9.17, 15) is 13.2 Å². The average Bonchev–Trinajstić information content (AvgIpc) is 2.98. The first-order valence-corrected chi connectivity index (χ1v) is 7.63. The highest BCUT2D eigenvalue weighted by Crippen LogP contribution is 2.23. The van der Waals surface area contributed by atoms with Gasteiger partial charge < -0.3 is 9.84 Å². The second-order valence-corrected chi connectivity index (χ2v) is 6.42. The average molecular weight is 318 g/mol. The van der Waals surface area contributed by atoms with Gasteiger partial charge in [-0.3, -0.25) is 0 Å². The number of nitrogens with one attached hydrogen (secondary N) is 2. The molecule has 0 aliphatic heterocycles. The van der Waals surface area contributed by atoms with E-state index in [0.717, 1.165) is 0 Å². The van der Waals surface area contributed by atoms with Crippen LogP contribution >= 0.6 is 11.3 Å². The van der Waals surface area contributed by atoms with E-state index >= 15 is 0 Å². The smallest absolute Gasteiger partial charge is 0.345 e. The van der Waals surface area contributed by atoms with Gasteiger partial charge in [0, 0.05) is 0 Å². The van der Waals surface area contributed by atoms with E-state index in [0.29, 0.717) is 17.9 Å². The van der Waals surface area contributed by atoms with Gasteiger partial charge in [0.2, 0.25) is 5.95 Å². The van der Waals surface area contributed by atoms with Crippen LogP contribution in [0.4, 0.5) is 5.95 Å². The van der Waals surface area contributed by atoms with Gasteiger partial charge in [0.05, 0.1) is 6.61 Å². The van der Waals surface area contributed by atoms with Crippen molar-refractivity contribution in [3.63, 3.8) is 0 Å². The summed E-state index contributed by atoms with van der Waals surface area (Å²) < 4.78 is 31.0. The molecule has 0 unspecified atom stereocenters. The summed E-state index contributed by atoms with van der Waals surface area (Å²) in [6.45, 7) is 2.08. The first kappa shape index (κ1) is 14.3. The Morgan fingerprint density at radius 2 is 2.30 bits per heavy atom. The van der Waals surface area contributed by atoms with Crippen LogP contribution in [0.25, 0.3) is 0 Å². The van der Waals surface area contributed by atoms with Crippen molar-refractivity contribution in [2.24, 2.45) is 0 Å². The van der Waals surface area contributed by atoms with Gasteiger partial charge in [0.15, 0.2) is 0 Å². The molecule has 0 saturated heterocycles. The lowest BCUT2D eigenvalue weighted by atomic mass is 10.5. The number of sulfonamides is 1. The molecule has 0 radical (unpaired) electrons. The number of hydrogen-bond acceptors (Lipinski definition) is 7.